The van der Waals surface area contributed by atoms with Crippen molar-refractivity contribution in [3.05, 3.63) is 59.4 Å². The lowest BCUT2D eigenvalue weighted by Crippen LogP contribution is -2.34. The van der Waals surface area contributed by atoms with Gasteiger partial charge in [0.1, 0.15) is 16.6 Å². The quantitative estimate of drug-likeness (QED) is 0.623. The highest BCUT2D eigenvalue weighted by molar-refractivity contribution is 7.18. The second-order valence-corrected chi connectivity index (χ2v) is 6.67. The number of aromatic nitrogens is 2. The minimum atomic E-state index is -0.316. The van der Waals surface area contributed by atoms with Crippen LogP contribution < -0.4 is 9.64 Å². The van der Waals surface area contributed by atoms with E-state index in [4.69, 9.17) is 16.3 Å². The molecule has 1 amide bonds. The number of benzene rings is 2. The monoisotopic (exact) mass is 391 g/mol. The van der Waals surface area contributed by atoms with Gasteiger partial charge in [-0.05, 0) is 55.5 Å². The third kappa shape index (κ3) is 4.36. The second kappa shape index (κ2) is 8.25. The molecule has 0 N–H and O–H groups in total. The Morgan fingerprint density at radius 3 is 2.50 bits per heavy atom. The van der Waals surface area contributed by atoms with E-state index in [0.717, 1.165) is 5.56 Å². The topological polar surface area (TPSA) is 55.3 Å². The number of halogens is 2. The number of hydrogen-bond donors (Lipinski definition) is 0. The number of rotatable bonds is 6. The number of amides is 1. The normalized spacial score (nSPS) is 10.6. The molecule has 5 nitrogen and oxygen atoms in total. The molecule has 0 aliphatic carbocycles. The number of carbonyl (C=O) groups excluding carboxylic acids is 1. The van der Waals surface area contributed by atoms with Crippen LogP contribution in [-0.2, 0) is 4.79 Å². The van der Waals surface area contributed by atoms with Crippen LogP contribution in [0.5, 0.6) is 5.75 Å². The zero-order chi connectivity index (χ0) is 18.5. The Morgan fingerprint density at radius 1 is 1.15 bits per heavy atom. The van der Waals surface area contributed by atoms with Gasteiger partial charge < -0.3 is 4.74 Å². The summed E-state index contributed by atoms with van der Waals surface area (Å²) in [6.45, 7) is 2.15. The van der Waals surface area contributed by atoms with Gasteiger partial charge in [-0.3, -0.25) is 9.69 Å². The largest absolute Gasteiger partial charge is 0.484 e. The fourth-order valence-electron chi connectivity index (χ4n) is 2.21. The molecule has 0 aliphatic rings. The van der Waals surface area contributed by atoms with Gasteiger partial charge in [0.2, 0.25) is 5.13 Å². The predicted molar refractivity (Wildman–Crippen MR) is 100 cm³/mol. The van der Waals surface area contributed by atoms with Gasteiger partial charge in [-0.25, -0.2) is 4.39 Å². The van der Waals surface area contributed by atoms with Crippen LogP contribution in [0, 0.1) is 5.82 Å². The van der Waals surface area contributed by atoms with Gasteiger partial charge in [0.05, 0.1) is 0 Å². The molecule has 26 heavy (non-hydrogen) atoms. The summed E-state index contributed by atoms with van der Waals surface area (Å²) in [5.74, 6) is 0.00974. The van der Waals surface area contributed by atoms with Crippen molar-refractivity contribution < 1.29 is 13.9 Å². The van der Waals surface area contributed by atoms with E-state index in [1.165, 1.54) is 28.4 Å². The Morgan fingerprint density at radius 2 is 1.85 bits per heavy atom. The summed E-state index contributed by atoms with van der Waals surface area (Å²) < 4.78 is 18.5. The Hall–Kier alpha value is -2.51. The van der Waals surface area contributed by atoms with Gasteiger partial charge in [0, 0.05) is 17.1 Å². The van der Waals surface area contributed by atoms with Crippen molar-refractivity contribution in [2.75, 3.05) is 18.1 Å². The van der Waals surface area contributed by atoms with E-state index < -0.39 is 0 Å². The second-order valence-electron chi connectivity index (χ2n) is 5.28. The van der Waals surface area contributed by atoms with Gasteiger partial charge >= 0.3 is 0 Å². The van der Waals surface area contributed by atoms with Crippen molar-refractivity contribution in [3.63, 3.8) is 0 Å². The van der Waals surface area contributed by atoms with E-state index in [0.29, 0.717) is 27.5 Å². The fraction of sp³-hybridized carbons (Fsp3) is 0.167. The van der Waals surface area contributed by atoms with E-state index in [-0.39, 0.29) is 18.3 Å². The van der Waals surface area contributed by atoms with Gasteiger partial charge in [0.15, 0.2) is 6.61 Å². The van der Waals surface area contributed by atoms with Crippen molar-refractivity contribution in [2.45, 2.75) is 6.92 Å². The van der Waals surface area contributed by atoms with Crippen molar-refractivity contribution in [1.29, 1.82) is 0 Å². The number of anilines is 1. The molecule has 0 radical (unpaired) electrons. The summed E-state index contributed by atoms with van der Waals surface area (Å²) in [7, 11) is 0. The maximum absolute atomic E-state index is 13.0. The molecule has 2 aromatic carbocycles. The van der Waals surface area contributed by atoms with Crippen molar-refractivity contribution in [2.24, 2.45) is 0 Å². The van der Waals surface area contributed by atoms with E-state index in [2.05, 4.69) is 10.2 Å². The molecule has 3 aromatic rings. The van der Waals surface area contributed by atoms with Crippen LogP contribution in [0.15, 0.2) is 48.5 Å². The van der Waals surface area contributed by atoms with Crippen molar-refractivity contribution >= 4 is 34.0 Å². The SMILES string of the molecule is CCN(C(=O)COc1ccc(Cl)cc1)c1nnc(-c2ccc(F)cc2)s1. The lowest BCUT2D eigenvalue weighted by atomic mass is 10.2. The lowest BCUT2D eigenvalue weighted by Gasteiger charge is -2.17. The minimum absolute atomic E-state index is 0.124. The summed E-state index contributed by atoms with van der Waals surface area (Å²) in [6.07, 6.45) is 0. The number of hydrogen-bond acceptors (Lipinski definition) is 5. The zero-order valence-corrected chi connectivity index (χ0v) is 15.4. The maximum atomic E-state index is 13.0. The first-order valence-electron chi connectivity index (χ1n) is 7.85. The minimum Gasteiger partial charge on any atom is -0.484 e. The average Bonchev–Trinajstić information content (AvgIpc) is 3.12. The molecule has 0 saturated heterocycles. The summed E-state index contributed by atoms with van der Waals surface area (Å²) >= 11 is 7.09. The molecule has 3 rings (SSSR count). The Kier molecular flexibility index (Phi) is 5.80. The molecular formula is C18H15ClFN3O2S. The van der Waals surface area contributed by atoms with Gasteiger partial charge in [-0.2, -0.15) is 0 Å². The molecule has 1 aromatic heterocycles. The lowest BCUT2D eigenvalue weighted by molar-refractivity contribution is -0.120. The summed E-state index contributed by atoms with van der Waals surface area (Å²) in [5.41, 5.74) is 0.746. The van der Waals surface area contributed by atoms with Crippen LogP contribution in [0.2, 0.25) is 5.02 Å². The Labute approximate surface area is 159 Å². The smallest absolute Gasteiger partial charge is 0.266 e. The molecular weight excluding hydrogens is 377 g/mol. The fourth-order valence-corrected chi connectivity index (χ4v) is 3.26. The van der Waals surface area contributed by atoms with E-state index >= 15 is 0 Å². The predicted octanol–water partition coefficient (Wildman–Crippen LogP) is 4.43. The van der Waals surface area contributed by atoms with Crippen LogP contribution in [0.25, 0.3) is 10.6 Å². The summed E-state index contributed by atoms with van der Waals surface area (Å²) in [6, 6.07) is 12.8. The third-order valence-electron chi connectivity index (χ3n) is 3.53. The molecule has 8 heteroatoms. The molecule has 0 aliphatic heterocycles. The third-order valence-corrected chi connectivity index (χ3v) is 4.78. The zero-order valence-electron chi connectivity index (χ0n) is 13.9. The Bertz CT molecular complexity index is 884. The van der Waals surface area contributed by atoms with Crippen LogP contribution in [-0.4, -0.2) is 29.3 Å². The highest BCUT2D eigenvalue weighted by Crippen LogP contribution is 2.29. The number of nitrogens with zero attached hydrogens (tertiary/aromatic N) is 3. The van der Waals surface area contributed by atoms with Crippen molar-refractivity contribution in [3.8, 4) is 16.3 Å². The number of ether oxygens (including phenoxy) is 1. The highest BCUT2D eigenvalue weighted by Gasteiger charge is 2.19. The van der Waals surface area contributed by atoms with Gasteiger partial charge in [0.25, 0.3) is 5.91 Å². The van der Waals surface area contributed by atoms with Crippen LogP contribution in [0.3, 0.4) is 0 Å². The molecule has 0 fully saturated rings. The summed E-state index contributed by atoms with van der Waals surface area (Å²) in [5, 5.41) is 9.86. The molecule has 1 heterocycles. The number of carbonyl (C=O) groups is 1. The first-order valence-corrected chi connectivity index (χ1v) is 9.04. The summed E-state index contributed by atoms with van der Waals surface area (Å²) in [4.78, 5) is 14.0. The first-order chi connectivity index (χ1) is 12.6. The van der Waals surface area contributed by atoms with Crippen LogP contribution in [0.1, 0.15) is 6.92 Å². The van der Waals surface area contributed by atoms with E-state index in [1.54, 1.807) is 36.4 Å². The standard InChI is InChI=1S/C18H15ClFN3O2S/c1-2-23(16(24)11-25-15-9-5-13(19)6-10-15)18-22-21-17(26-18)12-3-7-14(20)8-4-12/h3-10H,2,11H2,1H3. The van der Waals surface area contributed by atoms with E-state index in [9.17, 15) is 9.18 Å². The Balaban J connectivity index is 1.68. The number of likely N-dealkylation sites (N-methyl/N-ethyl adjacent to an activating group) is 1. The van der Waals surface area contributed by atoms with Crippen LogP contribution >= 0.6 is 22.9 Å². The molecule has 0 atom stereocenters. The first kappa shape index (κ1) is 18.3. The molecule has 0 bridgehead atoms. The van der Waals surface area contributed by atoms with Crippen molar-refractivity contribution in [1.82, 2.24) is 10.2 Å². The highest BCUT2D eigenvalue weighted by atomic mass is 35.5. The van der Waals surface area contributed by atoms with E-state index in [1.807, 2.05) is 6.92 Å². The molecule has 0 unspecified atom stereocenters. The van der Waals surface area contributed by atoms with Gasteiger partial charge in [-0.1, -0.05) is 22.9 Å². The van der Waals surface area contributed by atoms with Gasteiger partial charge in [-0.15, -0.1) is 10.2 Å². The average molecular weight is 392 g/mol. The molecule has 0 saturated carbocycles. The molecule has 134 valence electrons. The van der Waals surface area contributed by atoms with Crippen LogP contribution in [0.4, 0.5) is 9.52 Å². The maximum Gasteiger partial charge on any atom is 0.266 e. The molecule has 0 spiro atoms.